The number of amides is 1. The first-order valence-electron chi connectivity index (χ1n) is 8.09. The molecule has 1 rings (SSSR count). The largest absolute Gasteiger partial charge is 0.464 e. The van der Waals surface area contributed by atoms with E-state index in [0.29, 0.717) is 0 Å². The molecule has 0 aliphatic heterocycles. The Labute approximate surface area is 155 Å². The predicted octanol–water partition coefficient (Wildman–Crippen LogP) is 1.17. The van der Waals surface area contributed by atoms with Crippen molar-refractivity contribution >= 4 is 29.3 Å². The van der Waals surface area contributed by atoms with Gasteiger partial charge in [0.05, 0.1) is 30.1 Å². The Morgan fingerprint density at radius 1 is 1.07 bits per heavy atom. The van der Waals surface area contributed by atoms with Gasteiger partial charge in [0.15, 0.2) is 5.78 Å². The lowest BCUT2D eigenvalue weighted by Gasteiger charge is -2.29. The van der Waals surface area contributed by atoms with Crippen molar-refractivity contribution in [3.8, 4) is 0 Å². The first kappa shape index (κ1) is 21.7. The van der Waals surface area contributed by atoms with Crippen LogP contribution in [0.1, 0.15) is 37.6 Å². The lowest BCUT2D eigenvalue weighted by Crippen LogP contribution is -2.62. The Morgan fingerprint density at radius 2 is 1.59 bits per heavy atom. The van der Waals surface area contributed by atoms with Crippen LogP contribution in [-0.2, 0) is 23.9 Å². The Balaban J connectivity index is 3.44. The van der Waals surface area contributed by atoms with E-state index in [1.165, 1.54) is 32.0 Å². The van der Waals surface area contributed by atoms with Crippen LogP contribution < -0.4 is 5.32 Å². The van der Waals surface area contributed by atoms with Crippen LogP contribution in [-0.4, -0.2) is 47.3 Å². The molecule has 0 bridgehead atoms. The molecule has 0 fully saturated rings. The Kier molecular flexibility index (Phi) is 7.58. The molecule has 0 unspecified atom stereocenters. The summed E-state index contributed by atoms with van der Waals surface area (Å²) < 4.78 is 9.70. The van der Waals surface area contributed by atoms with Gasteiger partial charge >= 0.3 is 11.9 Å². The molecule has 0 aliphatic carbocycles. The molecule has 1 N–H and O–H groups in total. The molecular weight excluding hydrogens is 360 g/mol. The molecule has 1 aromatic carbocycles. The molecule has 146 valence electrons. The average molecular weight is 380 g/mol. The van der Waals surface area contributed by atoms with Crippen LogP contribution in [0.4, 0.5) is 5.69 Å². The van der Waals surface area contributed by atoms with Crippen molar-refractivity contribution in [2.75, 3.05) is 13.2 Å². The lowest BCUT2D eigenvalue weighted by atomic mass is 9.89. The fraction of sp³-hybridized carbons (Fsp3) is 0.412. The number of nitro benzene ring substituents is 1. The van der Waals surface area contributed by atoms with Gasteiger partial charge in [-0.25, -0.2) is 9.59 Å². The van der Waals surface area contributed by atoms with Gasteiger partial charge in [-0.15, -0.1) is 0 Å². The number of ether oxygens (including phenoxy) is 2. The number of carbonyl (C=O) groups excluding carboxylic acids is 4. The number of nitro groups is 1. The number of hydrogen-bond donors (Lipinski definition) is 1. The van der Waals surface area contributed by atoms with Crippen molar-refractivity contribution in [3.63, 3.8) is 0 Å². The standard InChI is InChI=1S/C17H20N2O8/c1-4-26-15(22)17(18-11(3)20,16(23)27-5-2)10-14(21)12-8-6-7-9-13(12)19(24)25/h6-9H,4-5,10H2,1-3H3,(H,18,20). The van der Waals surface area contributed by atoms with Gasteiger partial charge in [-0.2, -0.15) is 0 Å². The number of carbonyl (C=O) groups is 4. The van der Waals surface area contributed by atoms with Crippen LogP contribution in [0.3, 0.4) is 0 Å². The predicted molar refractivity (Wildman–Crippen MR) is 91.9 cm³/mol. The zero-order valence-corrected chi connectivity index (χ0v) is 15.1. The van der Waals surface area contributed by atoms with Crippen LogP contribution in [0.15, 0.2) is 24.3 Å². The first-order valence-corrected chi connectivity index (χ1v) is 8.09. The van der Waals surface area contributed by atoms with Crippen molar-refractivity contribution in [2.24, 2.45) is 0 Å². The van der Waals surface area contributed by atoms with Crippen LogP contribution in [0.2, 0.25) is 0 Å². The average Bonchev–Trinajstić information content (AvgIpc) is 2.60. The van der Waals surface area contributed by atoms with Crippen molar-refractivity contribution < 1.29 is 33.6 Å². The summed E-state index contributed by atoms with van der Waals surface area (Å²) in [6, 6.07) is 5.07. The lowest BCUT2D eigenvalue weighted by molar-refractivity contribution is -0.385. The maximum absolute atomic E-state index is 12.7. The maximum atomic E-state index is 12.7. The molecule has 0 radical (unpaired) electrons. The number of hydrogen-bond acceptors (Lipinski definition) is 8. The summed E-state index contributed by atoms with van der Waals surface area (Å²) in [6.45, 7) is 3.75. The Bertz CT molecular complexity index is 741. The summed E-state index contributed by atoms with van der Waals surface area (Å²) in [5.41, 5.74) is -3.25. The van der Waals surface area contributed by atoms with Gasteiger partial charge in [0.25, 0.3) is 5.69 Å². The number of rotatable bonds is 9. The third kappa shape index (κ3) is 5.09. The molecule has 10 nitrogen and oxygen atoms in total. The number of Topliss-reactive ketones (excluding diaryl/α,β-unsaturated/α-hetero) is 1. The van der Waals surface area contributed by atoms with E-state index in [2.05, 4.69) is 5.32 Å². The van der Waals surface area contributed by atoms with Crippen LogP contribution in [0.25, 0.3) is 0 Å². The fourth-order valence-electron chi connectivity index (χ4n) is 2.39. The fourth-order valence-corrected chi connectivity index (χ4v) is 2.39. The number of nitrogens with one attached hydrogen (secondary N) is 1. The van der Waals surface area contributed by atoms with E-state index in [-0.39, 0.29) is 18.8 Å². The number of nitrogens with zero attached hydrogens (tertiary/aromatic N) is 1. The SMILES string of the molecule is CCOC(=O)C(CC(=O)c1ccccc1[N+](=O)[O-])(NC(C)=O)C(=O)OCC. The minimum Gasteiger partial charge on any atom is -0.464 e. The van der Waals surface area contributed by atoms with E-state index in [0.717, 1.165) is 13.0 Å². The van der Waals surface area contributed by atoms with Crippen LogP contribution >= 0.6 is 0 Å². The smallest absolute Gasteiger partial charge is 0.344 e. The van der Waals surface area contributed by atoms with Crippen molar-refractivity contribution in [1.29, 1.82) is 0 Å². The van der Waals surface area contributed by atoms with E-state index >= 15 is 0 Å². The zero-order chi connectivity index (χ0) is 20.6. The molecule has 0 aliphatic rings. The molecule has 1 aromatic rings. The number of benzene rings is 1. The van der Waals surface area contributed by atoms with Gasteiger partial charge in [0.1, 0.15) is 0 Å². The minimum absolute atomic E-state index is 0.126. The van der Waals surface area contributed by atoms with E-state index in [9.17, 15) is 29.3 Å². The van der Waals surface area contributed by atoms with Crippen molar-refractivity contribution in [3.05, 3.63) is 39.9 Å². The molecule has 0 saturated carbocycles. The monoisotopic (exact) mass is 380 g/mol. The number of esters is 2. The summed E-state index contributed by atoms with van der Waals surface area (Å²) in [6.07, 6.45) is -0.894. The Morgan fingerprint density at radius 3 is 2.04 bits per heavy atom. The molecule has 27 heavy (non-hydrogen) atoms. The van der Waals surface area contributed by atoms with E-state index < -0.39 is 46.2 Å². The molecule has 0 saturated heterocycles. The van der Waals surface area contributed by atoms with Gasteiger partial charge < -0.3 is 14.8 Å². The maximum Gasteiger partial charge on any atom is 0.344 e. The van der Waals surface area contributed by atoms with Crippen LogP contribution in [0.5, 0.6) is 0 Å². The molecule has 10 heteroatoms. The molecule has 1 amide bonds. The Hall–Kier alpha value is -3.30. The summed E-state index contributed by atoms with van der Waals surface area (Å²) in [5, 5.41) is 13.3. The molecule has 0 spiro atoms. The second-order valence-electron chi connectivity index (χ2n) is 5.40. The molecule has 0 atom stereocenters. The zero-order valence-electron chi connectivity index (χ0n) is 15.1. The van der Waals surface area contributed by atoms with Gasteiger partial charge in [-0.1, -0.05) is 12.1 Å². The summed E-state index contributed by atoms with van der Waals surface area (Å²) >= 11 is 0. The minimum atomic E-state index is -2.45. The summed E-state index contributed by atoms with van der Waals surface area (Å²) in [7, 11) is 0. The molecular formula is C17H20N2O8. The van der Waals surface area contributed by atoms with Crippen LogP contribution in [0, 0.1) is 10.1 Å². The van der Waals surface area contributed by atoms with Gasteiger partial charge in [0, 0.05) is 13.0 Å². The molecule has 0 aromatic heterocycles. The second kappa shape index (κ2) is 9.41. The summed E-state index contributed by atoms with van der Waals surface area (Å²) in [4.78, 5) is 59.7. The van der Waals surface area contributed by atoms with E-state index in [4.69, 9.17) is 9.47 Å². The molecule has 0 heterocycles. The topological polar surface area (TPSA) is 142 Å². The number of ketones is 1. The third-order valence-electron chi connectivity index (χ3n) is 3.46. The highest BCUT2D eigenvalue weighted by Gasteiger charge is 2.52. The van der Waals surface area contributed by atoms with Crippen molar-refractivity contribution in [1.82, 2.24) is 5.32 Å². The quantitative estimate of drug-likeness (QED) is 0.221. The van der Waals surface area contributed by atoms with Crippen molar-refractivity contribution in [2.45, 2.75) is 32.7 Å². The van der Waals surface area contributed by atoms with Gasteiger partial charge in [-0.3, -0.25) is 19.7 Å². The van der Waals surface area contributed by atoms with E-state index in [1.54, 1.807) is 0 Å². The summed E-state index contributed by atoms with van der Waals surface area (Å²) in [5.74, 6) is -4.07. The van der Waals surface area contributed by atoms with Gasteiger partial charge in [0.2, 0.25) is 11.4 Å². The second-order valence-corrected chi connectivity index (χ2v) is 5.40. The normalized spacial score (nSPS) is 10.6. The third-order valence-corrected chi connectivity index (χ3v) is 3.46. The van der Waals surface area contributed by atoms with E-state index in [1.807, 2.05) is 0 Å². The first-order chi connectivity index (χ1) is 12.7. The highest BCUT2D eigenvalue weighted by molar-refractivity contribution is 6.13. The number of para-hydroxylation sites is 1. The van der Waals surface area contributed by atoms with Gasteiger partial charge in [-0.05, 0) is 19.9 Å². The highest BCUT2D eigenvalue weighted by atomic mass is 16.6. The highest BCUT2D eigenvalue weighted by Crippen LogP contribution is 2.24.